The predicted molar refractivity (Wildman–Crippen MR) is 216 cm³/mol. The Hall–Kier alpha value is -2.56. The van der Waals surface area contributed by atoms with Crippen molar-refractivity contribution in [1.29, 1.82) is 0 Å². The van der Waals surface area contributed by atoms with Gasteiger partial charge in [0.2, 0.25) is 0 Å². The van der Waals surface area contributed by atoms with E-state index in [1.54, 1.807) is 6.08 Å². The summed E-state index contributed by atoms with van der Waals surface area (Å²) in [6.45, 7) is 16.5. The molecule has 0 aromatic heterocycles. The Morgan fingerprint density at radius 1 is 0.907 bits per heavy atom. The number of rotatable bonds is 10. The number of nitrogen functional groups attached to an aromatic ring is 1. The number of hydrogen-bond acceptors (Lipinski definition) is 8. The normalized spacial score (nSPS) is 41.9. The van der Waals surface area contributed by atoms with E-state index in [9.17, 15) is 10.2 Å². The van der Waals surface area contributed by atoms with E-state index >= 15 is 0 Å². The summed E-state index contributed by atoms with van der Waals surface area (Å²) >= 11 is 0. The van der Waals surface area contributed by atoms with Crippen LogP contribution in [0, 0.1) is 5.92 Å². The zero-order valence-corrected chi connectivity index (χ0v) is 33.6. The number of allylic oxidation sites excluding steroid dienone is 8. The van der Waals surface area contributed by atoms with Gasteiger partial charge in [0.1, 0.15) is 6.10 Å². The molecule has 1 aromatic carbocycles. The minimum absolute atomic E-state index is 0.0676. The lowest BCUT2D eigenvalue weighted by Crippen LogP contribution is -2.59. The highest BCUT2D eigenvalue weighted by Crippen LogP contribution is 2.49. The van der Waals surface area contributed by atoms with Crippen molar-refractivity contribution >= 4 is 11.8 Å². The van der Waals surface area contributed by atoms with E-state index in [1.165, 1.54) is 11.1 Å². The lowest BCUT2D eigenvalue weighted by molar-refractivity contribution is -0.273. The highest BCUT2D eigenvalue weighted by molar-refractivity contribution is 5.57. The van der Waals surface area contributed by atoms with Crippen molar-refractivity contribution in [2.45, 2.75) is 184 Å². The van der Waals surface area contributed by atoms with Gasteiger partial charge in [-0.25, -0.2) is 0 Å². The molecule has 54 heavy (non-hydrogen) atoms. The minimum Gasteiger partial charge on any atom is -0.399 e. The lowest BCUT2D eigenvalue weighted by Gasteiger charge is -2.49. The van der Waals surface area contributed by atoms with E-state index in [4.69, 9.17) is 29.4 Å². The van der Waals surface area contributed by atoms with Crippen LogP contribution in [0.4, 0.5) is 5.69 Å². The van der Waals surface area contributed by atoms with Crippen LogP contribution in [0.5, 0.6) is 0 Å². The molecule has 1 aromatic rings. The first-order valence-corrected chi connectivity index (χ1v) is 20.6. The molecule has 5 aliphatic rings. The van der Waals surface area contributed by atoms with Crippen molar-refractivity contribution in [3.63, 3.8) is 0 Å². The van der Waals surface area contributed by atoms with Crippen molar-refractivity contribution in [2.24, 2.45) is 5.92 Å². The Labute approximate surface area is 324 Å². The summed E-state index contributed by atoms with van der Waals surface area (Å²) in [6.07, 6.45) is 20.3. The molecule has 0 bridgehead atoms. The molecular formula is C46H67NO7. The Morgan fingerprint density at radius 2 is 1.65 bits per heavy atom. The smallest absolute Gasteiger partial charge is 0.111 e. The van der Waals surface area contributed by atoms with E-state index in [2.05, 4.69) is 71.6 Å². The third-order valence-corrected chi connectivity index (χ3v) is 13.1. The molecule has 6 rings (SSSR count). The third-order valence-electron chi connectivity index (χ3n) is 13.1. The van der Waals surface area contributed by atoms with Gasteiger partial charge in [-0.15, -0.1) is 0 Å². The Morgan fingerprint density at radius 3 is 2.43 bits per heavy atom. The van der Waals surface area contributed by atoms with Gasteiger partial charge in [0.15, 0.2) is 0 Å². The molecule has 5 saturated heterocycles. The van der Waals surface area contributed by atoms with Crippen molar-refractivity contribution in [2.75, 3.05) is 5.73 Å². The number of ether oxygens (including phenoxy) is 5. The first-order valence-electron chi connectivity index (χ1n) is 20.6. The number of hydrogen-bond donors (Lipinski definition) is 3. The van der Waals surface area contributed by atoms with Gasteiger partial charge in [-0.3, -0.25) is 0 Å². The Balaban J connectivity index is 1.07. The van der Waals surface area contributed by atoms with Crippen molar-refractivity contribution < 1.29 is 33.9 Å². The minimum atomic E-state index is -0.926. The van der Waals surface area contributed by atoms with Gasteiger partial charge in [0.05, 0.1) is 65.6 Å². The van der Waals surface area contributed by atoms with Crippen molar-refractivity contribution in [1.82, 2.24) is 0 Å². The third kappa shape index (κ3) is 9.51. The molecule has 298 valence electrons. The zero-order chi connectivity index (χ0) is 38.7. The molecule has 0 amide bonds. The monoisotopic (exact) mass is 745 g/mol. The second-order valence-corrected chi connectivity index (χ2v) is 17.6. The fraction of sp³-hybridized carbons (Fsp3) is 0.652. The summed E-state index contributed by atoms with van der Waals surface area (Å²) in [7, 11) is 0. The summed E-state index contributed by atoms with van der Waals surface area (Å²) in [6, 6.07) is 7.88. The topological polar surface area (TPSA) is 113 Å². The van der Waals surface area contributed by atoms with Crippen LogP contribution in [-0.4, -0.2) is 82.0 Å². The van der Waals surface area contributed by atoms with Crippen LogP contribution in [-0.2, 0) is 23.7 Å². The number of nitrogens with two attached hydrogens (primary N) is 1. The van der Waals surface area contributed by atoms with Gasteiger partial charge in [-0.1, -0.05) is 73.7 Å². The molecule has 5 fully saturated rings. The number of anilines is 1. The van der Waals surface area contributed by atoms with Crippen LogP contribution >= 0.6 is 0 Å². The molecular weight excluding hydrogens is 679 g/mol. The molecule has 8 nitrogen and oxygen atoms in total. The summed E-state index contributed by atoms with van der Waals surface area (Å²) in [5.74, 6) is 0.309. The zero-order valence-electron chi connectivity index (χ0n) is 33.6. The average Bonchev–Trinajstić information content (AvgIpc) is 3.38. The highest BCUT2D eigenvalue weighted by Gasteiger charge is 2.58. The van der Waals surface area contributed by atoms with Crippen LogP contribution in [0.1, 0.15) is 118 Å². The quantitative estimate of drug-likeness (QED) is 0.161. The molecule has 13 unspecified atom stereocenters. The molecule has 4 N–H and O–H groups in total. The predicted octanol–water partition coefficient (Wildman–Crippen LogP) is 8.57. The molecule has 0 radical (unpaired) electrons. The average molecular weight is 746 g/mol. The SMILES string of the molecule is C=CC=CCCC1OC2CCC3(C)OC4C(O)CC5(C)OC(CCC=C(C)C(C)=CC=Cc6cccc(N)c6)C(C)CC5OC4CC3OC2CCC1(C)O. The molecule has 0 spiro atoms. The van der Waals surface area contributed by atoms with E-state index in [-0.39, 0.29) is 42.7 Å². The van der Waals surface area contributed by atoms with E-state index in [1.807, 2.05) is 37.3 Å². The first kappa shape index (κ1) is 41.1. The van der Waals surface area contributed by atoms with Gasteiger partial charge >= 0.3 is 0 Å². The Bertz CT molecular complexity index is 1570. The van der Waals surface area contributed by atoms with Crippen molar-refractivity contribution in [3.05, 3.63) is 84.0 Å². The summed E-state index contributed by atoms with van der Waals surface area (Å²) in [5, 5.41) is 23.2. The van der Waals surface area contributed by atoms with E-state index < -0.39 is 29.0 Å². The standard InChI is InChI=1S/C46H67NO7/c1-8-9-10-11-21-40-44(5,49)24-22-37-38(50-40)23-25-45(6)42(51-37)28-39-43(54-45)35(48)29-46(7)41(52-39)26-32(4)36(53-46)20-13-16-31(3)30(2)15-12-17-33-18-14-19-34(47)27-33/h8-10,12,14-19,27,32,35-43,48-49H,1,11,13,20-26,28-29,47H2,2-7H3. The fourth-order valence-electron chi connectivity index (χ4n) is 9.50. The molecule has 0 aliphatic carbocycles. The van der Waals surface area contributed by atoms with E-state index in [0.29, 0.717) is 25.2 Å². The number of aliphatic hydroxyl groups is 2. The van der Waals surface area contributed by atoms with Crippen molar-refractivity contribution in [3.8, 4) is 0 Å². The van der Waals surface area contributed by atoms with Crippen LogP contribution in [0.3, 0.4) is 0 Å². The summed E-state index contributed by atoms with van der Waals surface area (Å²) in [4.78, 5) is 0. The molecule has 8 heteroatoms. The van der Waals surface area contributed by atoms with Gasteiger partial charge in [0, 0.05) is 18.5 Å². The lowest BCUT2D eigenvalue weighted by atomic mass is 9.79. The van der Waals surface area contributed by atoms with Crippen LogP contribution < -0.4 is 5.73 Å². The Kier molecular flexibility index (Phi) is 13.2. The van der Waals surface area contributed by atoms with Crippen LogP contribution in [0.15, 0.2) is 78.4 Å². The number of aliphatic hydroxyl groups excluding tert-OH is 1. The van der Waals surface area contributed by atoms with E-state index in [0.717, 1.165) is 62.6 Å². The van der Waals surface area contributed by atoms with Crippen LogP contribution in [0.2, 0.25) is 0 Å². The maximum Gasteiger partial charge on any atom is 0.111 e. The largest absolute Gasteiger partial charge is 0.399 e. The van der Waals surface area contributed by atoms with Gasteiger partial charge < -0.3 is 39.6 Å². The molecule has 5 aliphatic heterocycles. The molecule has 5 heterocycles. The summed E-state index contributed by atoms with van der Waals surface area (Å²) < 4.78 is 34.5. The molecule has 13 atom stereocenters. The van der Waals surface area contributed by atoms with Gasteiger partial charge in [-0.05, 0) is 122 Å². The maximum atomic E-state index is 11.8. The number of benzene rings is 1. The second kappa shape index (κ2) is 17.3. The van der Waals surface area contributed by atoms with Gasteiger partial charge in [-0.2, -0.15) is 0 Å². The van der Waals surface area contributed by atoms with Gasteiger partial charge in [0.25, 0.3) is 0 Å². The first-order chi connectivity index (χ1) is 25.7. The van der Waals surface area contributed by atoms with Crippen LogP contribution in [0.25, 0.3) is 6.08 Å². The maximum absolute atomic E-state index is 11.8. The molecule has 0 saturated carbocycles. The second-order valence-electron chi connectivity index (χ2n) is 17.6. The number of fused-ring (bicyclic) bond motifs is 4. The fourth-order valence-corrected chi connectivity index (χ4v) is 9.50. The highest BCUT2D eigenvalue weighted by atomic mass is 16.6. The summed E-state index contributed by atoms with van der Waals surface area (Å²) in [5.41, 5.74) is 8.12.